The van der Waals surface area contributed by atoms with Gasteiger partial charge in [0, 0.05) is 60.5 Å². The fourth-order valence-electron chi connectivity index (χ4n) is 7.27. The van der Waals surface area contributed by atoms with Crippen LogP contribution in [0.4, 0.5) is 0 Å². The maximum Gasteiger partial charge on any atom is 0.254 e. The van der Waals surface area contributed by atoms with Crippen LogP contribution in [0.2, 0.25) is 0 Å². The Morgan fingerprint density at radius 1 is 0.946 bits per heavy atom. The van der Waals surface area contributed by atoms with Crippen molar-refractivity contribution in [3.63, 3.8) is 0 Å². The smallest absolute Gasteiger partial charge is 0.254 e. The van der Waals surface area contributed by atoms with Gasteiger partial charge in [-0.15, -0.1) is 0 Å². The number of aliphatic hydroxyl groups excluding tert-OH is 1. The summed E-state index contributed by atoms with van der Waals surface area (Å²) in [6, 6.07) is 21.8. The molecule has 0 saturated carbocycles. The van der Waals surface area contributed by atoms with Gasteiger partial charge in [0.05, 0.1) is 11.8 Å². The SMILES string of the molecule is O=C(c1ccc2c(c1)Oc1ccccc1C2C1CC2CCC(C1)N2Cc1ccccn1)N1CCC(O)C1. The number of hydrogen-bond acceptors (Lipinski definition) is 5. The summed E-state index contributed by atoms with van der Waals surface area (Å²) in [5.74, 6) is 2.47. The van der Waals surface area contributed by atoms with Gasteiger partial charge in [-0.3, -0.25) is 14.7 Å². The van der Waals surface area contributed by atoms with E-state index in [0.29, 0.717) is 43.1 Å². The number of pyridine rings is 1. The number of hydrogen-bond donors (Lipinski definition) is 1. The van der Waals surface area contributed by atoms with E-state index in [1.165, 1.54) is 24.0 Å². The first kappa shape index (κ1) is 22.9. The second-order valence-corrected chi connectivity index (χ2v) is 11.2. The highest BCUT2D eigenvalue weighted by Crippen LogP contribution is 2.53. The van der Waals surface area contributed by atoms with Crippen LogP contribution in [0.1, 0.15) is 65.2 Å². The van der Waals surface area contributed by atoms with Crippen LogP contribution in [0.25, 0.3) is 0 Å². The highest BCUT2D eigenvalue weighted by Gasteiger charge is 2.45. The van der Waals surface area contributed by atoms with Crippen molar-refractivity contribution in [1.29, 1.82) is 0 Å². The van der Waals surface area contributed by atoms with Gasteiger partial charge >= 0.3 is 0 Å². The van der Waals surface area contributed by atoms with Crippen LogP contribution in [0, 0.1) is 5.92 Å². The Labute approximate surface area is 217 Å². The first-order valence-electron chi connectivity index (χ1n) is 13.7. The third-order valence-electron chi connectivity index (χ3n) is 8.98. The summed E-state index contributed by atoms with van der Waals surface area (Å²) in [5, 5.41) is 9.90. The number of likely N-dealkylation sites (tertiary alicyclic amines) is 1. The van der Waals surface area contributed by atoms with Crippen molar-refractivity contribution in [1.82, 2.24) is 14.8 Å². The largest absolute Gasteiger partial charge is 0.457 e. The minimum absolute atomic E-state index is 0.0285. The van der Waals surface area contributed by atoms with Crippen molar-refractivity contribution in [2.75, 3.05) is 13.1 Å². The number of carbonyl (C=O) groups is 1. The predicted molar refractivity (Wildman–Crippen MR) is 141 cm³/mol. The molecule has 7 rings (SSSR count). The number of aromatic nitrogens is 1. The second kappa shape index (κ2) is 9.26. The molecule has 3 saturated heterocycles. The Hall–Kier alpha value is -3.22. The topological polar surface area (TPSA) is 65.9 Å². The zero-order valence-electron chi connectivity index (χ0n) is 21.0. The Bertz CT molecular complexity index is 1300. The van der Waals surface area contributed by atoms with Crippen molar-refractivity contribution in [2.45, 2.75) is 62.8 Å². The van der Waals surface area contributed by atoms with E-state index in [1.54, 1.807) is 4.90 Å². The molecule has 0 aliphatic carbocycles. The normalized spacial score (nSPS) is 28.5. The minimum atomic E-state index is -0.423. The zero-order valence-corrected chi connectivity index (χ0v) is 21.0. The summed E-state index contributed by atoms with van der Waals surface area (Å²) in [4.78, 5) is 22.2. The summed E-state index contributed by atoms with van der Waals surface area (Å²) in [7, 11) is 0. The molecule has 4 aliphatic heterocycles. The Kier molecular flexibility index (Phi) is 5.74. The van der Waals surface area contributed by atoms with E-state index in [1.807, 2.05) is 30.5 Å². The van der Waals surface area contributed by atoms with Crippen molar-refractivity contribution in [2.24, 2.45) is 5.92 Å². The Morgan fingerprint density at radius 3 is 2.49 bits per heavy atom. The molecule has 3 aromatic rings. The molecule has 5 heterocycles. The summed E-state index contributed by atoms with van der Waals surface area (Å²) in [6.45, 7) is 1.94. The van der Waals surface area contributed by atoms with Gasteiger partial charge in [0.2, 0.25) is 0 Å². The van der Waals surface area contributed by atoms with Crippen LogP contribution in [-0.2, 0) is 6.54 Å². The quantitative estimate of drug-likeness (QED) is 0.554. The predicted octanol–water partition coefficient (Wildman–Crippen LogP) is 4.97. The number of benzene rings is 2. The molecule has 1 amide bonds. The number of piperidine rings is 1. The summed E-state index contributed by atoms with van der Waals surface area (Å²) in [5.41, 5.74) is 4.25. The minimum Gasteiger partial charge on any atom is -0.457 e. The number of nitrogens with zero attached hydrogens (tertiary/aromatic N) is 3. The van der Waals surface area contributed by atoms with Crippen LogP contribution >= 0.6 is 0 Å². The Morgan fingerprint density at radius 2 is 1.73 bits per heavy atom. The molecule has 190 valence electrons. The third kappa shape index (κ3) is 4.12. The lowest BCUT2D eigenvalue weighted by molar-refractivity contribution is 0.0764. The van der Waals surface area contributed by atoms with E-state index in [0.717, 1.165) is 36.6 Å². The van der Waals surface area contributed by atoms with Crippen molar-refractivity contribution < 1.29 is 14.6 Å². The molecular formula is C31H33N3O3. The molecule has 1 aromatic heterocycles. The molecule has 6 nitrogen and oxygen atoms in total. The van der Waals surface area contributed by atoms with Gasteiger partial charge in [0.15, 0.2) is 0 Å². The molecular weight excluding hydrogens is 462 g/mol. The molecule has 0 spiro atoms. The Balaban J connectivity index is 1.18. The van der Waals surface area contributed by atoms with E-state index < -0.39 is 6.10 Å². The van der Waals surface area contributed by atoms with Gasteiger partial charge in [-0.25, -0.2) is 0 Å². The zero-order chi connectivity index (χ0) is 24.9. The first-order chi connectivity index (χ1) is 18.1. The van der Waals surface area contributed by atoms with Crippen molar-refractivity contribution >= 4 is 5.91 Å². The number of β-amino-alcohol motifs (C(OH)–C–C–N with tert-alkyl or cyclic N) is 1. The van der Waals surface area contributed by atoms with Crippen molar-refractivity contribution in [3.8, 4) is 11.5 Å². The molecule has 37 heavy (non-hydrogen) atoms. The van der Waals surface area contributed by atoms with Crippen LogP contribution < -0.4 is 4.74 Å². The number of ether oxygens (including phenoxy) is 1. The number of carbonyl (C=O) groups excluding carboxylic acids is 1. The van der Waals surface area contributed by atoms with Gasteiger partial charge in [-0.1, -0.05) is 30.3 Å². The lowest BCUT2D eigenvalue weighted by atomic mass is 9.72. The number of fused-ring (bicyclic) bond motifs is 4. The molecule has 4 unspecified atom stereocenters. The molecule has 6 heteroatoms. The third-order valence-corrected chi connectivity index (χ3v) is 8.98. The number of para-hydroxylation sites is 1. The van der Waals surface area contributed by atoms with Gasteiger partial charge < -0.3 is 14.7 Å². The average Bonchev–Trinajstić information content (AvgIpc) is 3.45. The van der Waals surface area contributed by atoms with Gasteiger partial charge in [-0.2, -0.15) is 0 Å². The van der Waals surface area contributed by atoms with Crippen LogP contribution in [0.5, 0.6) is 11.5 Å². The summed E-state index contributed by atoms with van der Waals surface area (Å²) in [6.07, 6.45) is 6.94. The molecule has 3 fully saturated rings. The van der Waals surface area contributed by atoms with Gasteiger partial charge in [-0.05, 0) is 68.4 Å². The fourth-order valence-corrected chi connectivity index (χ4v) is 7.27. The van der Waals surface area contributed by atoms with Gasteiger partial charge in [0.25, 0.3) is 5.91 Å². The van der Waals surface area contributed by atoms with E-state index >= 15 is 0 Å². The lowest BCUT2D eigenvalue weighted by Crippen LogP contribution is -2.44. The number of rotatable bonds is 4. The maximum absolute atomic E-state index is 13.1. The highest BCUT2D eigenvalue weighted by molar-refractivity contribution is 5.95. The van der Waals surface area contributed by atoms with Crippen LogP contribution in [0.15, 0.2) is 66.9 Å². The first-order valence-corrected chi connectivity index (χ1v) is 13.7. The maximum atomic E-state index is 13.1. The summed E-state index contributed by atoms with van der Waals surface area (Å²) < 4.78 is 6.40. The molecule has 1 N–H and O–H groups in total. The lowest BCUT2D eigenvalue weighted by Gasteiger charge is -2.43. The molecule has 4 aliphatic rings. The fraction of sp³-hybridized carbons (Fsp3) is 0.419. The molecule has 2 aromatic carbocycles. The van der Waals surface area contributed by atoms with Crippen LogP contribution in [-0.4, -0.2) is 57.1 Å². The van der Waals surface area contributed by atoms with E-state index in [2.05, 4.69) is 46.3 Å². The van der Waals surface area contributed by atoms with Crippen LogP contribution in [0.3, 0.4) is 0 Å². The van der Waals surface area contributed by atoms with E-state index in [4.69, 9.17) is 4.74 Å². The van der Waals surface area contributed by atoms with E-state index in [9.17, 15) is 9.90 Å². The monoisotopic (exact) mass is 495 g/mol. The highest BCUT2D eigenvalue weighted by atomic mass is 16.5. The van der Waals surface area contributed by atoms with Crippen molar-refractivity contribution in [3.05, 3.63) is 89.2 Å². The average molecular weight is 496 g/mol. The molecule has 0 radical (unpaired) electrons. The molecule has 2 bridgehead atoms. The van der Waals surface area contributed by atoms with Gasteiger partial charge in [0.1, 0.15) is 11.5 Å². The molecule has 4 atom stereocenters. The number of amides is 1. The summed E-state index contributed by atoms with van der Waals surface area (Å²) >= 11 is 0. The van der Waals surface area contributed by atoms with E-state index in [-0.39, 0.29) is 11.8 Å². The second-order valence-electron chi connectivity index (χ2n) is 11.2. The standard InChI is InChI=1S/C31H33N3O3/c35-25-12-14-33(19-25)31(36)20-8-11-27-29(17-20)37-28-7-2-1-6-26(28)30(27)21-15-23-9-10-24(16-21)34(23)18-22-5-3-4-13-32-22/h1-8,11,13,17,21,23-25,30,35H,9-10,12,14-16,18-19H2. The number of aliphatic hydroxyl groups is 1.